The number of nitrogens with zero attached hydrogens (tertiary/aromatic N) is 7. The van der Waals surface area contributed by atoms with E-state index in [0.717, 1.165) is 19.6 Å². The average molecular weight is 1330 g/mol. The van der Waals surface area contributed by atoms with Gasteiger partial charge in [0.05, 0.1) is 12.6 Å². The Bertz CT molecular complexity index is 2830. The molecule has 0 radical (unpaired) electrons. The Hall–Kier alpha value is -6.96. The fourth-order valence-electron chi connectivity index (χ4n) is 11.2. The van der Waals surface area contributed by atoms with E-state index in [1.807, 2.05) is 41.5 Å². The summed E-state index contributed by atoms with van der Waals surface area (Å²) in [5.41, 5.74) is 0.360. The summed E-state index contributed by atoms with van der Waals surface area (Å²) in [6, 6.07) is -7.98. The van der Waals surface area contributed by atoms with Crippen LogP contribution in [0.1, 0.15) is 142 Å². The van der Waals surface area contributed by atoms with Gasteiger partial charge in [-0.05, 0) is 106 Å². The van der Waals surface area contributed by atoms with E-state index in [4.69, 9.17) is 4.52 Å². The first-order chi connectivity index (χ1) is 42.9. The highest BCUT2D eigenvalue weighted by molar-refractivity contribution is 7.46. The molecule has 1 aliphatic heterocycles. The Morgan fingerprint density at radius 1 is 0.538 bits per heavy atom. The van der Waals surface area contributed by atoms with Crippen molar-refractivity contribution in [3.63, 3.8) is 0 Å². The lowest BCUT2D eigenvalue weighted by Gasteiger charge is -2.41. The van der Waals surface area contributed by atoms with Gasteiger partial charge >= 0.3 is 7.82 Å². The highest BCUT2D eigenvalue weighted by Crippen LogP contribution is 2.37. The van der Waals surface area contributed by atoms with Crippen LogP contribution in [0.2, 0.25) is 0 Å². The number of phosphoric acid groups is 1. The highest BCUT2D eigenvalue weighted by atomic mass is 31.2. The molecule has 93 heavy (non-hydrogen) atoms. The van der Waals surface area contributed by atoms with Crippen LogP contribution >= 0.6 is 7.82 Å². The van der Waals surface area contributed by atoms with Gasteiger partial charge in [-0.3, -0.25) is 62.5 Å². The van der Waals surface area contributed by atoms with Gasteiger partial charge in [0.15, 0.2) is 0 Å². The van der Waals surface area contributed by atoms with E-state index >= 15 is 14.4 Å². The number of nitrogens with one attached hydrogen (secondary N) is 4. The van der Waals surface area contributed by atoms with E-state index in [2.05, 4.69) is 21.3 Å². The van der Waals surface area contributed by atoms with Gasteiger partial charge in [-0.1, -0.05) is 107 Å². The molecule has 12 atom stereocenters. The van der Waals surface area contributed by atoms with Gasteiger partial charge < -0.3 is 65.2 Å². The van der Waals surface area contributed by atoms with E-state index in [0.29, 0.717) is 5.56 Å². The Morgan fingerprint density at radius 2 is 1.00 bits per heavy atom. The summed E-state index contributed by atoms with van der Waals surface area (Å²) >= 11 is 0. The number of aliphatic hydroxyl groups excluding tert-OH is 1. The molecule has 28 heteroatoms. The van der Waals surface area contributed by atoms with Crippen molar-refractivity contribution in [2.24, 2.45) is 35.5 Å². The minimum Gasteiger partial charge on any atom is -0.404 e. The molecule has 1 heterocycles. The molecule has 1 aliphatic rings. The monoisotopic (exact) mass is 1330 g/mol. The summed E-state index contributed by atoms with van der Waals surface area (Å²) in [6.45, 7) is 24.9. The number of hydrogen-bond acceptors (Lipinski definition) is 14. The molecular weight excluding hydrogens is 1220 g/mol. The van der Waals surface area contributed by atoms with Crippen molar-refractivity contribution < 1.29 is 76.7 Å². The second-order valence-corrected chi connectivity index (χ2v) is 28.1. The molecule has 0 unspecified atom stereocenters. The summed E-state index contributed by atoms with van der Waals surface area (Å²) < 4.78 is 16.4. The average Bonchev–Trinajstić information content (AvgIpc) is 0.827. The zero-order valence-electron chi connectivity index (χ0n) is 59.0. The molecule has 0 spiro atoms. The van der Waals surface area contributed by atoms with Crippen molar-refractivity contribution in [3.8, 4) is 5.75 Å². The third-order valence-electron chi connectivity index (χ3n) is 17.0. The van der Waals surface area contributed by atoms with Crippen molar-refractivity contribution in [2.75, 3.05) is 55.9 Å². The molecule has 0 aromatic heterocycles. The summed E-state index contributed by atoms with van der Waals surface area (Å²) in [4.78, 5) is 189. The maximum atomic E-state index is 15.2. The molecule has 27 nitrogen and oxygen atoms in total. The minimum absolute atomic E-state index is 0.0522. The smallest absolute Gasteiger partial charge is 0.404 e. The molecule has 11 amide bonds. The fourth-order valence-corrected chi connectivity index (χ4v) is 11.6. The Kier molecular flexibility index (Phi) is 32.4. The number of phosphoric ester groups is 1. The van der Waals surface area contributed by atoms with Gasteiger partial charge in [0.25, 0.3) is 0 Å². The normalized spacial score (nSPS) is 25.7. The number of likely N-dealkylation sites (N-methyl/N-ethyl adjacent to an activating group) is 7. The number of carbonyl (C=O) groups excluding carboxylic acids is 11. The third kappa shape index (κ3) is 23.5. The number of amides is 11. The van der Waals surface area contributed by atoms with E-state index in [1.54, 1.807) is 60.6 Å². The second-order valence-electron chi connectivity index (χ2n) is 26.9. The van der Waals surface area contributed by atoms with Crippen molar-refractivity contribution in [3.05, 3.63) is 42.0 Å². The van der Waals surface area contributed by atoms with Crippen LogP contribution in [0.3, 0.4) is 0 Å². The van der Waals surface area contributed by atoms with Crippen LogP contribution in [0.4, 0.5) is 0 Å². The zero-order chi connectivity index (χ0) is 71.6. The lowest BCUT2D eigenvalue weighted by molar-refractivity contribution is -0.157. The zero-order valence-corrected chi connectivity index (χ0v) is 59.8. The fraction of sp³-hybridized carbons (Fsp3) is 0.708. The largest absolute Gasteiger partial charge is 0.524 e. The lowest BCUT2D eigenvalue weighted by Crippen LogP contribution is -2.63. The maximum Gasteiger partial charge on any atom is 0.524 e. The van der Waals surface area contributed by atoms with Crippen LogP contribution in [-0.4, -0.2) is 237 Å². The molecular formula is C65H110N11O16P. The molecule has 0 bridgehead atoms. The summed E-state index contributed by atoms with van der Waals surface area (Å²) in [5, 5.41) is 23.0. The minimum atomic E-state index is -4.97. The molecule has 1 saturated heterocycles. The van der Waals surface area contributed by atoms with Gasteiger partial charge in [-0.15, -0.1) is 0 Å². The third-order valence-corrected chi connectivity index (χ3v) is 17.4. The second kappa shape index (κ2) is 36.6. The number of carbonyl (C=O) groups is 11. The van der Waals surface area contributed by atoms with Crippen LogP contribution in [0.5, 0.6) is 5.75 Å². The van der Waals surface area contributed by atoms with Crippen molar-refractivity contribution in [1.29, 1.82) is 0 Å². The number of hydrogen-bond donors (Lipinski definition) is 7. The molecule has 1 fully saturated rings. The molecule has 526 valence electrons. The number of aliphatic hydroxyl groups is 1. The maximum absolute atomic E-state index is 15.2. The van der Waals surface area contributed by atoms with Gasteiger partial charge in [-0.2, -0.15) is 0 Å². The highest BCUT2D eigenvalue weighted by Gasteiger charge is 2.46. The van der Waals surface area contributed by atoms with E-state index in [9.17, 15) is 57.8 Å². The first-order valence-corrected chi connectivity index (χ1v) is 33.7. The quantitative estimate of drug-likeness (QED) is 0.0871. The standard InChI is InChI=1S/C65H110N11O16P/c1-23-25-26-41(13)55(78)54-59(82)68-46(24-2)61(84)70(16)35-51(77)71(17)48(34-44-27-29-45(30-28-44)92-93(89,90)91)58(81)69-52(39(9)10)64(87)72(18)47(31-36(3)4)57(80)66-42(14)56(79)67-43(15)60(83)73(19)49(32-37(5)6)62(85)74(20)50(33-38(7)8)63(86)75(21)53(40(11)12)65(88)76(54)22/h23,25,27-30,36-43,46-50,52-55,78H,24,26,31-35H2,1-22H3,(H,66,80)(H,67,79)(H,68,82)(H,69,81)(H2,89,90,91)/b25-23+/t41-,42+,43-,46+,47+,48+,49+,50+,52+,53+,54+,55-/m1/s1. The van der Waals surface area contributed by atoms with Crippen LogP contribution in [0.25, 0.3) is 0 Å². The number of benzene rings is 1. The molecule has 0 aliphatic carbocycles. The first-order valence-electron chi connectivity index (χ1n) is 32.1. The predicted octanol–water partition coefficient (Wildman–Crippen LogP) is 2.94. The van der Waals surface area contributed by atoms with Crippen LogP contribution < -0.4 is 25.8 Å². The van der Waals surface area contributed by atoms with E-state index < -0.39 is 164 Å². The summed E-state index contributed by atoms with van der Waals surface area (Å²) in [6.07, 6.45) is 2.26. The topological polar surface area (TPSA) is 346 Å². The first kappa shape index (κ1) is 82.1. The van der Waals surface area contributed by atoms with Crippen molar-refractivity contribution >= 4 is 72.8 Å². The van der Waals surface area contributed by atoms with Crippen LogP contribution in [0, 0.1) is 35.5 Å². The number of allylic oxidation sites excluding steroid dienone is 2. The molecule has 7 N–H and O–H groups in total. The van der Waals surface area contributed by atoms with Gasteiger partial charge in [0.1, 0.15) is 66.2 Å². The number of rotatable bonds is 17. The van der Waals surface area contributed by atoms with Crippen LogP contribution in [-0.2, 0) is 63.7 Å². The summed E-state index contributed by atoms with van der Waals surface area (Å²) in [5.74, 6) is -11.0. The Labute approximate surface area is 551 Å². The Balaban J connectivity index is 3.04. The van der Waals surface area contributed by atoms with Crippen molar-refractivity contribution in [2.45, 2.75) is 209 Å². The SMILES string of the molecule is C/C=C/C[C@@H](C)[C@@H](O)[C@H]1C(=O)N[C@@H](CC)C(=O)N(C)CC(=O)N(C)[C@@H](Cc2ccc(OP(=O)(O)O)cc2)C(=O)N[C@@H](C(C)C)C(=O)N(C)[C@@H](CC(C)C)C(=O)N[C@@H](C)C(=O)N[C@H](C)C(=O)N(C)[C@@H](CC(C)C)C(=O)N(C)[C@@H](CC(C)C)C(=O)N(C)[C@@H](C(C)C)C(=O)N1C. The summed E-state index contributed by atoms with van der Waals surface area (Å²) in [7, 11) is 4.58. The van der Waals surface area contributed by atoms with Gasteiger partial charge in [0.2, 0.25) is 65.0 Å². The van der Waals surface area contributed by atoms with Crippen LogP contribution in [0.15, 0.2) is 36.4 Å². The molecule has 0 saturated carbocycles. The van der Waals surface area contributed by atoms with E-state index in [-0.39, 0.29) is 62.0 Å². The molecule has 1 aromatic carbocycles. The lowest BCUT2D eigenvalue weighted by atomic mass is 9.91. The van der Waals surface area contributed by atoms with Gasteiger partial charge in [0, 0.05) is 55.8 Å². The molecule has 1 aromatic rings. The molecule has 2 rings (SSSR count). The van der Waals surface area contributed by atoms with Crippen molar-refractivity contribution in [1.82, 2.24) is 55.6 Å². The van der Waals surface area contributed by atoms with E-state index in [1.165, 1.54) is 102 Å². The van der Waals surface area contributed by atoms with Gasteiger partial charge in [-0.25, -0.2) is 4.57 Å². The predicted molar refractivity (Wildman–Crippen MR) is 352 cm³/mol. The Morgan fingerprint density at radius 3 is 1.47 bits per heavy atom.